The van der Waals surface area contributed by atoms with Gasteiger partial charge in [0.2, 0.25) is 0 Å². The molecule has 0 saturated carbocycles. The normalized spacial score (nSPS) is 12.7. The maximum absolute atomic E-state index is 6.49. The molecule has 1 heterocycles. The first-order chi connectivity index (χ1) is 8.52. The van der Waals surface area contributed by atoms with Crippen molar-refractivity contribution in [1.82, 2.24) is 0 Å². The van der Waals surface area contributed by atoms with Gasteiger partial charge in [-0.05, 0) is 42.3 Å². The molecule has 2 aromatic rings. The summed E-state index contributed by atoms with van der Waals surface area (Å²) in [5.74, 6) is 1.74. The van der Waals surface area contributed by atoms with E-state index in [1.54, 1.807) is 0 Å². The first kappa shape index (κ1) is 14.2. The number of hydrogen-bond donors (Lipinski definition) is 0. The molecule has 0 aliphatic rings. The molecule has 96 valence electrons. The minimum atomic E-state index is -0.281. The molecule has 0 fully saturated rings. The number of alkyl halides is 1. The van der Waals surface area contributed by atoms with E-state index in [2.05, 4.69) is 44.8 Å². The summed E-state index contributed by atoms with van der Waals surface area (Å²) in [7, 11) is 0. The van der Waals surface area contributed by atoms with Crippen LogP contribution in [0.3, 0.4) is 0 Å². The summed E-state index contributed by atoms with van der Waals surface area (Å²) >= 11 is 13.6. The standard InChI is InChI=1S/C14H13Br2ClO/c1-3-9-4-5-13(18-9)14(17)10-7-11(15)8(2)6-12(10)16/h4-7,14H,3H2,1-2H3. The lowest BCUT2D eigenvalue weighted by Gasteiger charge is -2.11. The Morgan fingerprint density at radius 2 is 1.94 bits per heavy atom. The Balaban J connectivity index is 2.39. The number of aryl methyl sites for hydroxylation is 2. The van der Waals surface area contributed by atoms with E-state index < -0.39 is 0 Å². The highest BCUT2D eigenvalue weighted by atomic mass is 79.9. The Morgan fingerprint density at radius 3 is 2.56 bits per heavy atom. The molecule has 1 atom stereocenters. The van der Waals surface area contributed by atoms with Crippen molar-refractivity contribution in [2.75, 3.05) is 0 Å². The molecule has 2 rings (SSSR count). The molecule has 0 saturated heterocycles. The molecule has 18 heavy (non-hydrogen) atoms. The Bertz CT molecular complexity index is 563. The molecule has 0 bridgehead atoms. The summed E-state index contributed by atoms with van der Waals surface area (Å²) < 4.78 is 7.75. The van der Waals surface area contributed by atoms with Gasteiger partial charge in [0.05, 0.1) is 0 Å². The summed E-state index contributed by atoms with van der Waals surface area (Å²) in [6.45, 7) is 4.11. The number of halogens is 3. The summed E-state index contributed by atoms with van der Waals surface area (Å²) in [6.07, 6.45) is 0.877. The summed E-state index contributed by atoms with van der Waals surface area (Å²) in [5.41, 5.74) is 2.18. The van der Waals surface area contributed by atoms with Gasteiger partial charge in [0.15, 0.2) is 0 Å². The van der Waals surface area contributed by atoms with Crippen LogP contribution < -0.4 is 0 Å². The van der Waals surface area contributed by atoms with E-state index in [-0.39, 0.29) is 5.38 Å². The van der Waals surface area contributed by atoms with E-state index >= 15 is 0 Å². The second kappa shape index (κ2) is 5.81. The fourth-order valence-electron chi connectivity index (χ4n) is 1.73. The maximum Gasteiger partial charge on any atom is 0.126 e. The van der Waals surface area contributed by atoms with Gasteiger partial charge in [0.25, 0.3) is 0 Å². The monoisotopic (exact) mass is 390 g/mol. The zero-order chi connectivity index (χ0) is 13.3. The van der Waals surface area contributed by atoms with Crippen LogP contribution in [0.25, 0.3) is 0 Å². The Labute approximate surface area is 129 Å². The first-order valence-electron chi connectivity index (χ1n) is 5.71. The second-order valence-corrected chi connectivity index (χ2v) is 6.29. The fourth-order valence-corrected chi connectivity index (χ4v) is 3.21. The van der Waals surface area contributed by atoms with Gasteiger partial charge in [-0.3, -0.25) is 0 Å². The lowest BCUT2D eigenvalue weighted by atomic mass is 10.1. The van der Waals surface area contributed by atoms with Crippen LogP contribution in [0.15, 0.2) is 37.6 Å². The van der Waals surface area contributed by atoms with Gasteiger partial charge in [-0.1, -0.05) is 38.8 Å². The van der Waals surface area contributed by atoms with E-state index in [1.807, 2.05) is 25.1 Å². The third-order valence-electron chi connectivity index (χ3n) is 2.83. The molecule has 0 amide bonds. The Kier molecular flexibility index (Phi) is 4.57. The second-order valence-electron chi connectivity index (χ2n) is 4.14. The lowest BCUT2D eigenvalue weighted by molar-refractivity contribution is 0.474. The SMILES string of the molecule is CCc1ccc(C(Cl)c2cc(Br)c(C)cc2Br)o1. The minimum Gasteiger partial charge on any atom is -0.464 e. The van der Waals surface area contributed by atoms with Crippen molar-refractivity contribution in [2.24, 2.45) is 0 Å². The average Bonchev–Trinajstić information content (AvgIpc) is 2.81. The summed E-state index contributed by atoms with van der Waals surface area (Å²) in [4.78, 5) is 0. The maximum atomic E-state index is 6.49. The van der Waals surface area contributed by atoms with Crippen LogP contribution in [0.4, 0.5) is 0 Å². The topological polar surface area (TPSA) is 13.1 Å². The van der Waals surface area contributed by atoms with Gasteiger partial charge < -0.3 is 4.42 Å². The molecule has 1 nitrogen and oxygen atoms in total. The number of rotatable bonds is 3. The zero-order valence-corrected chi connectivity index (χ0v) is 14.1. The molecule has 1 aromatic carbocycles. The molecule has 0 N–H and O–H groups in total. The van der Waals surface area contributed by atoms with Crippen molar-refractivity contribution in [2.45, 2.75) is 25.6 Å². The Morgan fingerprint density at radius 1 is 1.22 bits per heavy atom. The molecular weight excluding hydrogens is 379 g/mol. The van der Waals surface area contributed by atoms with Gasteiger partial charge in [-0.25, -0.2) is 0 Å². The highest BCUT2D eigenvalue weighted by Gasteiger charge is 2.18. The van der Waals surface area contributed by atoms with Gasteiger partial charge in [-0.2, -0.15) is 0 Å². The van der Waals surface area contributed by atoms with Crippen LogP contribution in [-0.4, -0.2) is 0 Å². The van der Waals surface area contributed by atoms with Crippen molar-refractivity contribution >= 4 is 43.5 Å². The van der Waals surface area contributed by atoms with Crippen molar-refractivity contribution < 1.29 is 4.42 Å². The number of hydrogen-bond acceptors (Lipinski definition) is 1. The average molecular weight is 393 g/mol. The molecule has 0 spiro atoms. The number of benzene rings is 1. The molecule has 0 aliphatic heterocycles. The predicted octanol–water partition coefficient (Wildman–Crippen LogP) is 6.00. The van der Waals surface area contributed by atoms with Crippen LogP contribution in [0, 0.1) is 6.92 Å². The van der Waals surface area contributed by atoms with E-state index in [9.17, 15) is 0 Å². The van der Waals surface area contributed by atoms with Gasteiger partial charge >= 0.3 is 0 Å². The van der Waals surface area contributed by atoms with E-state index in [0.717, 1.165) is 32.5 Å². The molecule has 4 heteroatoms. The van der Waals surface area contributed by atoms with E-state index in [4.69, 9.17) is 16.0 Å². The quantitative estimate of drug-likeness (QED) is 0.584. The van der Waals surface area contributed by atoms with Crippen molar-refractivity contribution in [3.63, 3.8) is 0 Å². The van der Waals surface area contributed by atoms with Crippen LogP contribution in [-0.2, 0) is 6.42 Å². The van der Waals surface area contributed by atoms with Crippen LogP contribution in [0.1, 0.15) is 34.9 Å². The largest absolute Gasteiger partial charge is 0.464 e. The van der Waals surface area contributed by atoms with Gasteiger partial charge in [0.1, 0.15) is 16.9 Å². The van der Waals surface area contributed by atoms with Crippen LogP contribution >= 0.6 is 43.5 Å². The molecule has 1 aromatic heterocycles. The van der Waals surface area contributed by atoms with Crippen LogP contribution in [0.5, 0.6) is 0 Å². The third kappa shape index (κ3) is 2.84. The fraction of sp³-hybridized carbons (Fsp3) is 0.286. The van der Waals surface area contributed by atoms with Crippen molar-refractivity contribution in [1.29, 1.82) is 0 Å². The Hall–Kier alpha value is -0.250. The molecule has 0 aliphatic carbocycles. The van der Waals surface area contributed by atoms with Gasteiger partial charge in [-0.15, -0.1) is 11.6 Å². The van der Waals surface area contributed by atoms with Gasteiger partial charge in [0, 0.05) is 15.4 Å². The van der Waals surface area contributed by atoms with Crippen LogP contribution in [0.2, 0.25) is 0 Å². The van der Waals surface area contributed by atoms with Crippen molar-refractivity contribution in [3.8, 4) is 0 Å². The minimum absolute atomic E-state index is 0.281. The summed E-state index contributed by atoms with van der Waals surface area (Å²) in [6, 6.07) is 8.00. The summed E-state index contributed by atoms with van der Waals surface area (Å²) in [5, 5.41) is -0.281. The molecular formula is C14H13Br2ClO. The first-order valence-corrected chi connectivity index (χ1v) is 7.73. The van der Waals surface area contributed by atoms with E-state index in [0.29, 0.717) is 0 Å². The highest BCUT2D eigenvalue weighted by molar-refractivity contribution is 9.11. The smallest absolute Gasteiger partial charge is 0.126 e. The lowest BCUT2D eigenvalue weighted by Crippen LogP contribution is -1.94. The zero-order valence-electron chi connectivity index (χ0n) is 10.1. The van der Waals surface area contributed by atoms with E-state index in [1.165, 1.54) is 5.56 Å². The molecule has 0 radical (unpaired) electrons. The predicted molar refractivity (Wildman–Crippen MR) is 82.4 cm³/mol. The van der Waals surface area contributed by atoms with Crippen molar-refractivity contribution in [3.05, 3.63) is 55.9 Å². The highest BCUT2D eigenvalue weighted by Crippen LogP contribution is 2.37. The molecule has 1 unspecified atom stereocenters. The third-order valence-corrected chi connectivity index (χ3v) is 4.82. The number of furan rings is 1.